The Labute approximate surface area is 159 Å². The first-order valence-electron chi connectivity index (χ1n) is 9.72. The first-order valence-corrected chi connectivity index (χ1v) is 9.72. The molecule has 1 aromatic rings. The van der Waals surface area contributed by atoms with Crippen LogP contribution in [0.25, 0.3) is 0 Å². The van der Waals surface area contributed by atoms with Crippen molar-refractivity contribution in [2.45, 2.75) is 57.1 Å². The Kier molecular flexibility index (Phi) is 7.18. The summed E-state index contributed by atoms with van der Waals surface area (Å²) in [4.78, 5) is 14.0. The van der Waals surface area contributed by atoms with Crippen LogP contribution in [-0.4, -0.2) is 66.6 Å². The molecule has 2 aliphatic rings. The third kappa shape index (κ3) is 5.48. The Balaban J connectivity index is 1.70. The Hall–Kier alpha value is -1.54. The van der Waals surface area contributed by atoms with Crippen LogP contribution in [0.3, 0.4) is 0 Å². The van der Waals surface area contributed by atoms with Crippen LogP contribution in [0, 0.1) is 5.82 Å². The van der Waals surface area contributed by atoms with Gasteiger partial charge < -0.3 is 19.9 Å². The number of fused-ring (bicyclic) bond motifs is 1. The summed E-state index contributed by atoms with van der Waals surface area (Å²) in [6.45, 7) is 3.90. The highest BCUT2D eigenvalue weighted by Crippen LogP contribution is 2.29. The molecule has 2 heterocycles. The van der Waals surface area contributed by atoms with E-state index in [0.29, 0.717) is 38.2 Å². The molecule has 2 fully saturated rings. The number of aliphatic hydroxyl groups excluding tert-OH is 1. The molecule has 27 heavy (non-hydrogen) atoms. The van der Waals surface area contributed by atoms with E-state index < -0.39 is 6.10 Å². The van der Waals surface area contributed by atoms with Crippen LogP contribution in [0.5, 0.6) is 0 Å². The average molecular weight is 380 g/mol. The molecular weight excluding hydrogens is 351 g/mol. The van der Waals surface area contributed by atoms with Crippen molar-refractivity contribution in [1.29, 1.82) is 0 Å². The van der Waals surface area contributed by atoms with E-state index >= 15 is 0 Å². The summed E-state index contributed by atoms with van der Waals surface area (Å²) in [6, 6.07) is 6.74. The second-order valence-electron chi connectivity index (χ2n) is 7.31. The third-order valence-corrected chi connectivity index (χ3v) is 5.21. The van der Waals surface area contributed by atoms with Gasteiger partial charge in [-0.3, -0.25) is 9.69 Å². The van der Waals surface area contributed by atoms with Gasteiger partial charge in [-0.2, -0.15) is 0 Å². The predicted octanol–water partition coefficient (Wildman–Crippen LogP) is 1.46. The first kappa shape index (κ1) is 20.2. The highest BCUT2D eigenvalue weighted by Gasteiger charge is 2.38. The molecule has 2 aliphatic heterocycles. The predicted molar refractivity (Wildman–Crippen MR) is 98.6 cm³/mol. The van der Waals surface area contributed by atoms with E-state index in [1.54, 1.807) is 12.1 Å². The van der Waals surface area contributed by atoms with Gasteiger partial charge in [-0.05, 0) is 25.8 Å². The maximum atomic E-state index is 14.1. The van der Waals surface area contributed by atoms with Gasteiger partial charge in [-0.1, -0.05) is 18.2 Å². The lowest BCUT2D eigenvalue weighted by Crippen LogP contribution is -2.55. The molecule has 2 N–H and O–H groups in total. The molecule has 0 saturated carbocycles. The van der Waals surface area contributed by atoms with E-state index in [-0.39, 0.29) is 36.6 Å². The number of benzene rings is 1. The SMILES string of the molecule is CCNC(=O)C[C@H]1CC[C@@H]2[C@H](COC[C@@H](O)CN2Cc2ccccc2F)O1. The highest BCUT2D eigenvalue weighted by atomic mass is 19.1. The lowest BCUT2D eigenvalue weighted by atomic mass is 9.94. The number of aliphatic hydroxyl groups is 1. The van der Waals surface area contributed by atoms with Crippen molar-refractivity contribution in [1.82, 2.24) is 10.2 Å². The molecule has 0 unspecified atom stereocenters. The highest BCUT2D eigenvalue weighted by molar-refractivity contribution is 5.76. The molecule has 1 aromatic carbocycles. The quantitative estimate of drug-likeness (QED) is 0.809. The summed E-state index contributed by atoms with van der Waals surface area (Å²) in [7, 11) is 0. The van der Waals surface area contributed by atoms with Crippen molar-refractivity contribution in [3.63, 3.8) is 0 Å². The topological polar surface area (TPSA) is 71.0 Å². The van der Waals surface area contributed by atoms with E-state index in [4.69, 9.17) is 9.47 Å². The minimum absolute atomic E-state index is 0.00801. The molecule has 1 amide bonds. The normalized spacial score (nSPS) is 29.4. The lowest BCUT2D eigenvalue weighted by Gasteiger charge is -2.44. The van der Waals surface area contributed by atoms with Gasteiger partial charge in [0.2, 0.25) is 5.91 Å². The summed E-state index contributed by atoms with van der Waals surface area (Å²) < 4.78 is 25.9. The smallest absolute Gasteiger partial charge is 0.222 e. The monoisotopic (exact) mass is 380 g/mol. The molecule has 0 aromatic heterocycles. The molecule has 0 aliphatic carbocycles. The average Bonchev–Trinajstić information content (AvgIpc) is 2.62. The van der Waals surface area contributed by atoms with Gasteiger partial charge in [0.15, 0.2) is 0 Å². The van der Waals surface area contributed by atoms with Gasteiger partial charge in [0.25, 0.3) is 0 Å². The van der Waals surface area contributed by atoms with Gasteiger partial charge in [0.05, 0.1) is 37.9 Å². The van der Waals surface area contributed by atoms with Crippen LogP contribution in [0.4, 0.5) is 4.39 Å². The zero-order chi connectivity index (χ0) is 19.2. The number of nitrogens with zero attached hydrogens (tertiary/aromatic N) is 1. The number of amides is 1. The molecule has 0 spiro atoms. The van der Waals surface area contributed by atoms with Crippen LogP contribution in [-0.2, 0) is 20.8 Å². The number of β-amino-alcohol motifs (C(OH)–C–C–N with tert-alkyl or cyclic N) is 1. The summed E-state index contributed by atoms with van der Waals surface area (Å²) in [6.07, 6.45) is 0.957. The van der Waals surface area contributed by atoms with Gasteiger partial charge in [-0.15, -0.1) is 0 Å². The molecule has 2 saturated heterocycles. The van der Waals surface area contributed by atoms with Gasteiger partial charge in [0.1, 0.15) is 5.82 Å². The largest absolute Gasteiger partial charge is 0.389 e. The molecule has 4 atom stereocenters. The van der Waals surface area contributed by atoms with Crippen LogP contribution in [0.15, 0.2) is 24.3 Å². The molecule has 7 heteroatoms. The molecule has 150 valence electrons. The number of hydrogen-bond acceptors (Lipinski definition) is 5. The molecule has 6 nitrogen and oxygen atoms in total. The fourth-order valence-corrected chi connectivity index (χ4v) is 3.95. The van der Waals surface area contributed by atoms with Gasteiger partial charge >= 0.3 is 0 Å². The summed E-state index contributed by atoms with van der Waals surface area (Å²) in [5.41, 5.74) is 0.606. The van der Waals surface area contributed by atoms with E-state index in [0.717, 1.165) is 12.8 Å². The molecule has 0 radical (unpaired) electrons. The lowest BCUT2D eigenvalue weighted by molar-refractivity contribution is -0.158. The van der Waals surface area contributed by atoms with E-state index in [9.17, 15) is 14.3 Å². The Morgan fingerprint density at radius 3 is 2.93 bits per heavy atom. The Bertz CT molecular complexity index is 630. The number of ether oxygens (including phenoxy) is 2. The first-order chi connectivity index (χ1) is 13.1. The number of halogens is 1. The number of carbonyl (C=O) groups is 1. The Morgan fingerprint density at radius 1 is 1.33 bits per heavy atom. The molecule has 0 bridgehead atoms. The van der Waals surface area contributed by atoms with Gasteiger partial charge in [-0.25, -0.2) is 4.39 Å². The minimum Gasteiger partial charge on any atom is -0.389 e. The summed E-state index contributed by atoms with van der Waals surface area (Å²) in [5, 5.41) is 13.0. The van der Waals surface area contributed by atoms with Crippen LogP contribution >= 0.6 is 0 Å². The molecular formula is C20H29FN2O4. The summed E-state index contributed by atoms with van der Waals surface area (Å²) in [5.74, 6) is -0.251. The van der Waals surface area contributed by atoms with Crippen LogP contribution < -0.4 is 5.32 Å². The zero-order valence-electron chi connectivity index (χ0n) is 15.8. The van der Waals surface area contributed by atoms with Crippen molar-refractivity contribution in [2.75, 3.05) is 26.3 Å². The van der Waals surface area contributed by atoms with E-state index in [1.165, 1.54) is 6.07 Å². The van der Waals surface area contributed by atoms with E-state index in [2.05, 4.69) is 10.2 Å². The zero-order valence-corrected chi connectivity index (χ0v) is 15.8. The number of carbonyl (C=O) groups excluding carboxylic acids is 1. The van der Waals surface area contributed by atoms with Crippen molar-refractivity contribution in [3.05, 3.63) is 35.6 Å². The third-order valence-electron chi connectivity index (χ3n) is 5.21. The number of hydrogen-bond donors (Lipinski definition) is 2. The minimum atomic E-state index is -0.620. The standard InChI is InChI=1S/C20H29FN2O4/c1-2-22-20(25)9-16-7-8-18-19(27-16)13-26-12-15(24)11-23(18)10-14-5-3-4-6-17(14)21/h3-6,15-16,18-19,24H,2,7-13H2,1H3,(H,22,25)/t15-,16+,18+,19-/m0/s1. The molecule has 3 rings (SSSR count). The number of rotatable bonds is 5. The van der Waals surface area contributed by atoms with Crippen molar-refractivity contribution >= 4 is 5.91 Å². The second-order valence-corrected chi connectivity index (χ2v) is 7.31. The fraction of sp³-hybridized carbons (Fsp3) is 0.650. The van der Waals surface area contributed by atoms with Crippen molar-refractivity contribution in [2.24, 2.45) is 0 Å². The van der Waals surface area contributed by atoms with Crippen LogP contribution in [0.1, 0.15) is 31.7 Å². The second kappa shape index (κ2) is 9.59. The van der Waals surface area contributed by atoms with E-state index in [1.807, 2.05) is 13.0 Å². The van der Waals surface area contributed by atoms with Crippen molar-refractivity contribution in [3.8, 4) is 0 Å². The van der Waals surface area contributed by atoms with Gasteiger partial charge in [0, 0.05) is 31.2 Å². The fourth-order valence-electron chi connectivity index (χ4n) is 3.95. The van der Waals surface area contributed by atoms with Crippen molar-refractivity contribution < 1.29 is 23.8 Å². The number of nitrogens with one attached hydrogen (secondary N) is 1. The Morgan fingerprint density at radius 2 is 2.15 bits per heavy atom. The maximum Gasteiger partial charge on any atom is 0.222 e. The van der Waals surface area contributed by atoms with Crippen LogP contribution in [0.2, 0.25) is 0 Å². The summed E-state index contributed by atoms with van der Waals surface area (Å²) >= 11 is 0. The maximum absolute atomic E-state index is 14.1.